The van der Waals surface area contributed by atoms with Gasteiger partial charge in [0.1, 0.15) is 5.82 Å². The van der Waals surface area contributed by atoms with Crippen LogP contribution in [-0.2, 0) is 11.3 Å². The smallest absolute Gasteiger partial charge is 0.258 e. The molecule has 2 unspecified atom stereocenters. The highest BCUT2D eigenvalue weighted by Crippen LogP contribution is 2.09. The van der Waals surface area contributed by atoms with Gasteiger partial charge in [-0.2, -0.15) is 5.10 Å². The van der Waals surface area contributed by atoms with Gasteiger partial charge in [-0.05, 0) is 40.2 Å². The zero-order chi connectivity index (χ0) is 20.7. The summed E-state index contributed by atoms with van der Waals surface area (Å²) in [5, 5.41) is 9.89. The molecule has 2 aromatic heterocycles. The van der Waals surface area contributed by atoms with Crippen LogP contribution in [0.3, 0.4) is 0 Å². The van der Waals surface area contributed by atoms with E-state index in [0.29, 0.717) is 18.5 Å². The molecule has 152 valence electrons. The SMILES string of the molecule is CCn1ncc(C(=O)NC(C)CC(C)NC(=O)COc2ccc(F)cn2)c1C. The topological polar surface area (TPSA) is 98.1 Å². The number of carbonyl (C=O) groups is 2. The second-order valence-corrected chi connectivity index (χ2v) is 6.64. The normalized spacial score (nSPS) is 12.9. The van der Waals surface area contributed by atoms with Gasteiger partial charge in [0.25, 0.3) is 11.8 Å². The summed E-state index contributed by atoms with van der Waals surface area (Å²) in [5.74, 6) is -0.808. The molecule has 8 nitrogen and oxygen atoms in total. The zero-order valence-electron chi connectivity index (χ0n) is 16.5. The Labute approximate surface area is 163 Å². The zero-order valence-corrected chi connectivity index (χ0v) is 16.5. The molecule has 28 heavy (non-hydrogen) atoms. The van der Waals surface area contributed by atoms with Crippen molar-refractivity contribution in [2.45, 2.75) is 52.7 Å². The standard InChI is InChI=1S/C19H26FN5O3/c1-5-25-14(4)16(10-22-25)19(27)24-13(3)8-12(2)23-17(26)11-28-18-7-6-15(20)9-21-18/h6-7,9-10,12-13H,5,8,11H2,1-4H3,(H,23,26)(H,24,27). The molecule has 2 N–H and O–H groups in total. The third-order valence-electron chi connectivity index (χ3n) is 4.19. The summed E-state index contributed by atoms with van der Waals surface area (Å²) in [7, 11) is 0. The third kappa shape index (κ3) is 6.04. The lowest BCUT2D eigenvalue weighted by Gasteiger charge is -2.20. The molecule has 2 aromatic rings. The molecule has 0 saturated heterocycles. The summed E-state index contributed by atoms with van der Waals surface area (Å²) in [5.41, 5.74) is 1.37. The van der Waals surface area contributed by atoms with Crippen LogP contribution in [0.25, 0.3) is 0 Å². The van der Waals surface area contributed by atoms with E-state index in [4.69, 9.17) is 4.74 Å². The lowest BCUT2D eigenvalue weighted by atomic mass is 10.1. The van der Waals surface area contributed by atoms with Crippen LogP contribution in [0.2, 0.25) is 0 Å². The number of hydrogen-bond acceptors (Lipinski definition) is 5. The number of hydrogen-bond donors (Lipinski definition) is 2. The number of aromatic nitrogens is 3. The van der Waals surface area contributed by atoms with Crippen molar-refractivity contribution in [3.05, 3.63) is 41.6 Å². The van der Waals surface area contributed by atoms with Gasteiger partial charge in [-0.1, -0.05) is 0 Å². The summed E-state index contributed by atoms with van der Waals surface area (Å²) >= 11 is 0. The van der Waals surface area contributed by atoms with Crippen LogP contribution in [0.1, 0.15) is 43.2 Å². The quantitative estimate of drug-likeness (QED) is 0.680. The van der Waals surface area contributed by atoms with Gasteiger partial charge in [0.15, 0.2) is 6.61 Å². The van der Waals surface area contributed by atoms with Crippen molar-refractivity contribution in [1.82, 2.24) is 25.4 Å². The second kappa shape index (κ2) is 9.82. The van der Waals surface area contributed by atoms with E-state index < -0.39 is 5.82 Å². The Hall–Kier alpha value is -2.97. The molecular weight excluding hydrogens is 365 g/mol. The average molecular weight is 391 g/mol. The number of halogens is 1. The first-order valence-electron chi connectivity index (χ1n) is 9.17. The minimum Gasteiger partial charge on any atom is -0.468 e. The van der Waals surface area contributed by atoms with Crippen molar-refractivity contribution in [1.29, 1.82) is 0 Å². The fourth-order valence-electron chi connectivity index (χ4n) is 2.84. The van der Waals surface area contributed by atoms with E-state index >= 15 is 0 Å². The number of nitrogens with zero attached hydrogens (tertiary/aromatic N) is 3. The number of pyridine rings is 1. The van der Waals surface area contributed by atoms with Gasteiger partial charge in [-0.15, -0.1) is 0 Å². The molecule has 0 fully saturated rings. The maximum Gasteiger partial charge on any atom is 0.258 e. The Morgan fingerprint density at radius 3 is 2.54 bits per heavy atom. The van der Waals surface area contributed by atoms with Crippen molar-refractivity contribution in [2.75, 3.05) is 6.61 Å². The number of aryl methyl sites for hydroxylation is 1. The fourth-order valence-corrected chi connectivity index (χ4v) is 2.84. The van der Waals surface area contributed by atoms with Crippen molar-refractivity contribution in [3.63, 3.8) is 0 Å². The molecule has 0 bridgehead atoms. The highest BCUT2D eigenvalue weighted by atomic mass is 19.1. The molecular formula is C19H26FN5O3. The first-order chi connectivity index (χ1) is 13.3. The highest BCUT2D eigenvalue weighted by Gasteiger charge is 2.18. The highest BCUT2D eigenvalue weighted by molar-refractivity contribution is 5.95. The van der Waals surface area contributed by atoms with Crippen molar-refractivity contribution in [3.8, 4) is 5.88 Å². The Morgan fingerprint density at radius 2 is 1.93 bits per heavy atom. The Balaban J connectivity index is 1.75. The van der Waals surface area contributed by atoms with E-state index in [1.54, 1.807) is 10.9 Å². The monoisotopic (exact) mass is 391 g/mol. The molecule has 0 aromatic carbocycles. The predicted molar refractivity (Wildman–Crippen MR) is 101 cm³/mol. The third-order valence-corrected chi connectivity index (χ3v) is 4.19. The van der Waals surface area contributed by atoms with Gasteiger partial charge in [0.2, 0.25) is 5.88 Å². The lowest BCUT2D eigenvalue weighted by molar-refractivity contribution is -0.123. The van der Waals surface area contributed by atoms with Crippen molar-refractivity contribution in [2.24, 2.45) is 0 Å². The van der Waals surface area contributed by atoms with E-state index in [-0.39, 0.29) is 36.4 Å². The number of carbonyl (C=O) groups excluding carboxylic acids is 2. The average Bonchev–Trinajstić information content (AvgIpc) is 3.01. The molecule has 0 aliphatic carbocycles. The van der Waals surface area contributed by atoms with Crippen molar-refractivity contribution < 1.29 is 18.7 Å². The molecule has 2 atom stereocenters. The van der Waals surface area contributed by atoms with E-state index in [9.17, 15) is 14.0 Å². The fraction of sp³-hybridized carbons (Fsp3) is 0.474. The summed E-state index contributed by atoms with van der Waals surface area (Å²) in [6.45, 7) is 8.02. The summed E-state index contributed by atoms with van der Waals surface area (Å²) in [4.78, 5) is 28.1. The van der Waals surface area contributed by atoms with Gasteiger partial charge in [0.05, 0.1) is 18.0 Å². The van der Waals surface area contributed by atoms with Crippen LogP contribution in [-0.4, -0.2) is 45.3 Å². The maximum atomic E-state index is 12.8. The molecule has 0 spiro atoms. The number of amides is 2. The van der Waals surface area contributed by atoms with Gasteiger partial charge in [-0.25, -0.2) is 9.37 Å². The molecule has 2 rings (SSSR count). The summed E-state index contributed by atoms with van der Waals surface area (Å²) in [6.07, 6.45) is 3.13. The number of ether oxygens (including phenoxy) is 1. The second-order valence-electron chi connectivity index (χ2n) is 6.64. The molecule has 9 heteroatoms. The van der Waals surface area contributed by atoms with E-state index in [2.05, 4.69) is 20.7 Å². The first kappa shape index (κ1) is 21.3. The van der Waals surface area contributed by atoms with Crippen LogP contribution in [0, 0.1) is 12.7 Å². The summed E-state index contributed by atoms with van der Waals surface area (Å²) < 4.78 is 19.8. The molecule has 0 radical (unpaired) electrons. The van der Waals surface area contributed by atoms with Gasteiger partial charge in [0, 0.05) is 30.4 Å². The first-order valence-corrected chi connectivity index (χ1v) is 9.17. The van der Waals surface area contributed by atoms with E-state index in [0.717, 1.165) is 11.9 Å². The van der Waals surface area contributed by atoms with E-state index in [1.807, 2.05) is 27.7 Å². The lowest BCUT2D eigenvalue weighted by Crippen LogP contribution is -2.42. The number of nitrogens with one attached hydrogen (secondary N) is 2. The Morgan fingerprint density at radius 1 is 1.21 bits per heavy atom. The minimum absolute atomic E-state index is 0.146. The van der Waals surface area contributed by atoms with Crippen LogP contribution in [0.4, 0.5) is 4.39 Å². The molecule has 0 saturated carbocycles. The largest absolute Gasteiger partial charge is 0.468 e. The molecule has 0 aliphatic heterocycles. The van der Waals surface area contributed by atoms with Crippen LogP contribution in [0.5, 0.6) is 5.88 Å². The molecule has 2 amide bonds. The predicted octanol–water partition coefficient (Wildman–Crippen LogP) is 1.84. The van der Waals surface area contributed by atoms with Crippen LogP contribution >= 0.6 is 0 Å². The minimum atomic E-state index is -0.473. The molecule has 0 aliphatic rings. The molecule has 2 heterocycles. The maximum absolute atomic E-state index is 12.8. The van der Waals surface area contributed by atoms with Gasteiger partial charge >= 0.3 is 0 Å². The Kier molecular flexibility index (Phi) is 7.48. The van der Waals surface area contributed by atoms with Crippen molar-refractivity contribution >= 4 is 11.8 Å². The summed E-state index contributed by atoms with van der Waals surface area (Å²) in [6, 6.07) is 2.24. The van der Waals surface area contributed by atoms with Gasteiger partial charge in [-0.3, -0.25) is 14.3 Å². The van der Waals surface area contributed by atoms with E-state index in [1.165, 1.54) is 12.1 Å². The number of rotatable bonds is 9. The van der Waals surface area contributed by atoms with Gasteiger partial charge < -0.3 is 15.4 Å². The van der Waals surface area contributed by atoms with Crippen LogP contribution in [0.15, 0.2) is 24.5 Å². The Bertz CT molecular complexity index is 806. The van der Waals surface area contributed by atoms with Crippen LogP contribution < -0.4 is 15.4 Å².